The summed E-state index contributed by atoms with van der Waals surface area (Å²) in [6, 6.07) is 13.4. The quantitative estimate of drug-likeness (QED) is 0.394. The molecule has 0 radical (unpaired) electrons. The van der Waals surface area contributed by atoms with Crippen LogP contribution in [0.3, 0.4) is 0 Å². The summed E-state index contributed by atoms with van der Waals surface area (Å²) < 4.78 is 89.8. The van der Waals surface area contributed by atoms with E-state index < -0.39 is 28.9 Å². The van der Waals surface area contributed by atoms with Crippen LogP contribution in [0.25, 0.3) is 0 Å². The van der Waals surface area contributed by atoms with Gasteiger partial charge < -0.3 is 16.2 Å². The Hall–Kier alpha value is -3.36. The van der Waals surface area contributed by atoms with Gasteiger partial charge in [-0.2, -0.15) is 26.3 Å². The average molecular weight is 426 g/mol. The Bertz CT molecular complexity index is 997. The summed E-state index contributed by atoms with van der Waals surface area (Å²) in [5, 5.41) is 0. The first-order valence-electron chi connectivity index (χ1n) is 8.58. The first-order chi connectivity index (χ1) is 13.9. The molecular formula is C21H16F6N2O. The molecule has 3 nitrogen and oxygen atoms in total. The van der Waals surface area contributed by atoms with Crippen LogP contribution in [0.1, 0.15) is 11.1 Å². The molecule has 0 fully saturated rings. The summed E-state index contributed by atoms with van der Waals surface area (Å²) in [4.78, 5) is 0. The van der Waals surface area contributed by atoms with Crippen LogP contribution in [0, 0.1) is 0 Å². The molecule has 4 N–H and O–H groups in total. The van der Waals surface area contributed by atoms with E-state index in [1.54, 1.807) is 12.1 Å². The molecule has 0 spiro atoms. The number of hydrogen-bond donors (Lipinski definition) is 2. The number of halogens is 6. The normalized spacial score (nSPS) is 12.6. The van der Waals surface area contributed by atoms with Crippen LogP contribution in [-0.4, -0.2) is 12.4 Å². The predicted octanol–water partition coefficient (Wildman–Crippen LogP) is 6.05. The topological polar surface area (TPSA) is 61.3 Å². The lowest BCUT2D eigenvalue weighted by molar-refractivity contribution is -0.288. The van der Waals surface area contributed by atoms with Crippen LogP contribution in [0.5, 0.6) is 11.5 Å². The molecule has 0 unspecified atom stereocenters. The van der Waals surface area contributed by atoms with Crippen molar-refractivity contribution in [2.24, 2.45) is 0 Å². The second kappa shape index (κ2) is 7.47. The van der Waals surface area contributed by atoms with E-state index in [-0.39, 0.29) is 11.4 Å². The monoisotopic (exact) mass is 426 g/mol. The third-order valence-corrected chi connectivity index (χ3v) is 4.57. The van der Waals surface area contributed by atoms with Crippen molar-refractivity contribution in [3.63, 3.8) is 0 Å². The number of ether oxygens (including phenoxy) is 1. The number of nitrogen functional groups attached to an aromatic ring is 2. The zero-order chi connectivity index (χ0) is 22.2. The van der Waals surface area contributed by atoms with Crippen LogP contribution in [0.2, 0.25) is 0 Å². The Labute approximate surface area is 167 Å². The molecule has 0 aliphatic carbocycles. The van der Waals surface area contributed by atoms with Gasteiger partial charge in [0, 0.05) is 11.4 Å². The molecule has 3 rings (SSSR count). The van der Waals surface area contributed by atoms with E-state index in [9.17, 15) is 26.3 Å². The highest BCUT2D eigenvalue weighted by molar-refractivity contribution is 5.51. The lowest BCUT2D eigenvalue weighted by Gasteiger charge is -2.38. The van der Waals surface area contributed by atoms with E-state index >= 15 is 0 Å². The Kier molecular flexibility index (Phi) is 5.32. The molecule has 0 aromatic heterocycles. The molecule has 30 heavy (non-hydrogen) atoms. The van der Waals surface area contributed by atoms with Crippen molar-refractivity contribution in [1.82, 2.24) is 0 Å². The van der Waals surface area contributed by atoms with E-state index in [0.29, 0.717) is 17.5 Å². The lowest BCUT2D eigenvalue weighted by atomic mass is 9.73. The Morgan fingerprint density at radius 1 is 0.567 bits per heavy atom. The second-order valence-corrected chi connectivity index (χ2v) is 6.57. The number of hydrogen-bond acceptors (Lipinski definition) is 3. The molecule has 0 amide bonds. The fourth-order valence-corrected chi connectivity index (χ4v) is 3.20. The van der Waals surface area contributed by atoms with Crippen molar-refractivity contribution in [3.8, 4) is 11.5 Å². The molecule has 0 bridgehead atoms. The van der Waals surface area contributed by atoms with Gasteiger partial charge >= 0.3 is 12.4 Å². The molecular weight excluding hydrogens is 410 g/mol. The van der Waals surface area contributed by atoms with Gasteiger partial charge in [0.2, 0.25) is 5.41 Å². The van der Waals surface area contributed by atoms with E-state index in [2.05, 4.69) is 0 Å². The highest BCUT2D eigenvalue weighted by Gasteiger charge is 2.72. The summed E-state index contributed by atoms with van der Waals surface area (Å²) >= 11 is 0. The van der Waals surface area contributed by atoms with Gasteiger partial charge in [-0.05, 0) is 59.7 Å². The minimum Gasteiger partial charge on any atom is -0.457 e. The molecule has 9 heteroatoms. The highest BCUT2D eigenvalue weighted by Crippen LogP contribution is 2.56. The Morgan fingerprint density at radius 3 is 1.53 bits per heavy atom. The van der Waals surface area contributed by atoms with Crippen LogP contribution >= 0.6 is 0 Å². The molecule has 0 saturated heterocycles. The standard InChI is InChI=1S/C21H16F6N2O/c22-20(23,24)19(21(25,26)27,14-2-1-3-16(29)12-14)13-4-8-17(9-5-13)30-18-10-6-15(28)7-11-18/h1-12H,28-29H2. The highest BCUT2D eigenvalue weighted by atomic mass is 19.4. The van der Waals surface area contributed by atoms with Gasteiger partial charge in [-0.1, -0.05) is 24.3 Å². The zero-order valence-corrected chi connectivity index (χ0v) is 15.3. The van der Waals surface area contributed by atoms with E-state index in [0.717, 1.165) is 36.4 Å². The van der Waals surface area contributed by atoms with Crippen LogP contribution in [-0.2, 0) is 5.41 Å². The van der Waals surface area contributed by atoms with Crippen molar-refractivity contribution < 1.29 is 31.1 Å². The average Bonchev–Trinajstić information content (AvgIpc) is 2.63. The lowest BCUT2D eigenvalue weighted by Crippen LogP contribution is -2.54. The summed E-state index contributed by atoms with van der Waals surface area (Å²) in [6.07, 6.45) is -11.4. The smallest absolute Gasteiger partial charge is 0.411 e. The summed E-state index contributed by atoms with van der Waals surface area (Å²) in [6.45, 7) is 0. The first-order valence-corrected chi connectivity index (χ1v) is 8.58. The number of alkyl halides is 6. The molecule has 0 aliphatic rings. The van der Waals surface area contributed by atoms with Gasteiger partial charge in [0.05, 0.1) is 0 Å². The SMILES string of the molecule is Nc1ccc(Oc2ccc(C(c3cccc(N)c3)(C(F)(F)F)C(F)(F)F)cc2)cc1. The maximum absolute atomic E-state index is 14.1. The second-order valence-electron chi connectivity index (χ2n) is 6.57. The number of nitrogens with two attached hydrogens (primary N) is 2. The zero-order valence-electron chi connectivity index (χ0n) is 15.3. The third-order valence-electron chi connectivity index (χ3n) is 4.57. The summed E-state index contributed by atoms with van der Waals surface area (Å²) in [5.41, 5.74) is 5.02. The Morgan fingerprint density at radius 2 is 1.07 bits per heavy atom. The molecule has 158 valence electrons. The van der Waals surface area contributed by atoms with Gasteiger partial charge in [-0.25, -0.2) is 0 Å². The van der Waals surface area contributed by atoms with Gasteiger partial charge in [0.25, 0.3) is 0 Å². The first kappa shape index (κ1) is 21.4. The van der Waals surface area contributed by atoms with Crippen LogP contribution < -0.4 is 16.2 Å². The third kappa shape index (κ3) is 3.74. The summed E-state index contributed by atoms with van der Waals surface area (Å²) in [5.74, 6) is 0.389. The maximum atomic E-state index is 14.1. The largest absolute Gasteiger partial charge is 0.457 e. The number of rotatable bonds is 4. The fraction of sp³-hybridized carbons (Fsp3) is 0.143. The van der Waals surface area contributed by atoms with Crippen molar-refractivity contribution in [2.75, 3.05) is 11.5 Å². The van der Waals surface area contributed by atoms with Crippen molar-refractivity contribution in [2.45, 2.75) is 17.8 Å². The van der Waals surface area contributed by atoms with E-state index in [4.69, 9.17) is 16.2 Å². The van der Waals surface area contributed by atoms with Crippen LogP contribution in [0.4, 0.5) is 37.7 Å². The molecule has 0 saturated carbocycles. The number of anilines is 2. The predicted molar refractivity (Wildman–Crippen MR) is 101 cm³/mol. The molecule has 0 aliphatic heterocycles. The molecule has 0 atom stereocenters. The van der Waals surface area contributed by atoms with Gasteiger partial charge in [-0.3, -0.25) is 0 Å². The molecule has 3 aromatic carbocycles. The van der Waals surface area contributed by atoms with E-state index in [1.165, 1.54) is 18.2 Å². The van der Waals surface area contributed by atoms with Crippen LogP contribution in [0.15, 0.2) is 72.8 Å². The minimum absolute atomic E-state index is 0.0642. The number of benzene rings is 3. The van der Waals surface area contributed by atoms with Crippen molar-refractivity contribution in [1.29, 1.82) is 0 Å². The van der Waals surface area contributed by atoms with Gasteiger partial charge in [0.1, 0.15) is 11.5 Å². The Balaban J connectivity index is 2.11. The summed E-state index contributed by atoms with van der Waals surface area (Å²) in [7, 11) is 0. The van der Waals surface area contributed by atoms with Crippen molar-refractivity contribution >= 4 is 11.4 Å². The van der Waals surface area contributed by atoms with Gasteiger partial charge in [-0.15, -0.1) is 0 Å². The van der Waals surface area contributed by atoms with Crippen molar-refractivity contribution in [3.05, 3.63) is 83.9 Å². The van der Waals surface area contributed by atoms with Gasteiger partial charge in [0.15, 0.2) is 0 Å². The minimum atomic E-state index is -5.68. The molecule has 0 heterocycles. The van der Waals surface area contributed by atoms with E-state index in [1.807, 2.05) is 0 Å². The fourth-order valence-electron chi connectivity index (χ4n) is 3.20. The molecule has 3 aromatic rings. The maximum Gasteiger partial charge on any atom is 0.411 e.